The molecular formula is C11H19BrO2. The summed E-state index contributed by atoms with van der Waals surface area (Å²) in [4.78, 5) is 0.478. The zero-order valence-electron chi connectivity index (χ0n) is 9.34. The molecule has 0 aromatic carbocycles. The van der Waals surface area contributed by atoms with Gasteiger partial charge >= 0.3 is 0 Å². The van der Waals surface area contributed by atoms with E-state index < -0.39 is 0 Å². The van der Waals surface area contributed by atoms with E-state index in [0.717, 1.165) is 12.8 Å². The SMILES string of the molecule is CO[C@@H]1C[C@]2(C(C)C)O[C@@]1(C)C[C@@H]2Br. The van der Waals surface area contributed by atoms with E-state index in [4.69, 9.17) is 9.47 Å². The fourth-order valence-corrected chi connectivity index (χ4v) is 4.44. The monoisotopic (exact) mass is 262 g/mol. The first-order chi connectivity index (χ1) is 6.44. The first kappa shape index (κ1) is 10.9. The van der Waals surface area contributed by atoms with Crippen LogP contribution in [-0.2, 0) is 9.47 Å². The van der Waals surface area contributed by atoms with Crippen molar-refractivity contribution in [2.24, 2.45) is 5.92 Å². The Balaban J connectivity index is 2.29. The van der Waals surface area contributed by atoms with Crippen molar-refractivity contribution in [2.45, 2.75) is 55.7 Å². The van der Waals surface area contributed by atoms with E-state index in [1.165, 1.54) is 0 Å². The maximum Gasteiger partial charge on any atom is 0.0935 e. The largest absolute Gasteiger partial charge is 0.378 e. The van der Waals surface area contributed by atoms with Gasteiger partial charge in [0.15, 0.2) is 0 Å². The van der Waals surface area contributed by atoms with Crippen LogP contribution < -0.4 is 0 Å². The molecule has 3 heteroatoms. The van der Waals surface area contributed by atoms with E-state index in [9.17, 15) is 0 Å². The third kappa shape index (κ3) is 1.22. The smallest absolute Gasteiger partial charge is 0.0935 e. The molecule has 2 nitrogen and oxygen atoms in total. The number of alkyl halides is 1. The second-order valence-electron chi connectivity index (χ2n) is 5.12. The molecular weight excluding hydrogens is 244 g/mol. The first-order valence-electron chi connectivity index (χ1n) is 5.31. The molecule has 2 aliphatic heterocycles. The van der Waals surface area contributed by atoms with Gasteiger partial charge in [-0.2, -0.15) is 0 Å². The standard InChI is InChI=1S/C11H19BrO2/c1-7(2)11-6-9(13-4)10(3,14-11)5-8(11)12/h7-9H,5-6H2,1-4H3/t8-,9+,10-,11+/m0/s1. The third-order valence-electron chi connectivity index (χ3n) is 3.99. The average molecular weight is 263 g/mol. The predicted molar refractivity (Wildman–Crippen MR) is 59.8 cm³/mol. The molecule has 2 aliphatic rings. The quantitative estimate of drug-likeness (QED) is 0.713. The van der Waals surface area contributed by atoms with Crippen LogP contribution in [0.15, 0.2) is 0 Å². The summed E-state index contributed by atoms with van der Waals surface area (Å²) in [6.07, 6.45) is 2.34. The molecule has 0 saturated carbocycles. The lowest BCUT2D eigenvalue weighted by atomic mass is 9.75. The second-order valence-corrected chi connectivity index (χ2v) is 6.23. The van der Waals surface area contributed by atoms with Gasteiger partial charge in [-0.3, -0.25) is 0 Å². The Kier molecular flexibility index (Phi) is 2.49. The molecule has 4 atom stereocenters. The molecule has 2 rings (SSSR count). The Morgan fingerprint density at radius 1 is 1.43 bits per heavy atom. The molecule has 82 valence electrons. The molecule has 2 heterocycles. The normalized spacial score (nSPS) is 51.9. The van der Waals surface area contributed by atoms with Gasteiger partial charge in [0, 0.05) is 18.4 Å². The molecule has 0 spiro atoms. The second kappa shape index (κ2) is 3.19. The van der Waals surface area contributed by atoms with Crippen LogP contribution in [0.5, 0.6) is 0 Å². The molecule has 2 saturated heterocycles. The average Bonchev–Trinajstić information content (AvgIpc) is 2.52. The van der Waals surface area contributed by atoms with Gasteiger partial charge in [-0.05, 0) is 19.3 Å². The summed E-state index contributed by atoms with van der Waals surface area (Å²) in [7, 11) is 1.79. The van der Waals surface area contributed by atoms with Crippen LogP contribution in [0.2, 0.25) is 0 Å². The number of methoxy groups -OCH3 is 1. The van der Waals surface area contributed by atoms with Crippen molar-refractivity contribution in [3.8, 4) is 0 Å². The van der Waals surface area contributed by atoms with E-state index >= 15 is 0 Å². The van der Waals surface area contributed by atoms with Crippen molar-refractivity contribution in [3.63, 3.8) is 0 Å². The van der Waals surface area contributed by atoms with E-state index in [0.29, 0.717) is 10.7 Å². The van der Waals surface area contributed by atoms with Gasteiger partial charge in [0.25, 0.3) is 0 Å². The fraction of sp³-hybridized carbons (Fsp3) is 1.00. The molecule has 0 aromatic rings. The zero-order valence-corrected chi connectivity index (χ0v) is 10.9. The maximum atomic E-state index is 6.25. The molecule has 2 bridgehead atoms. The molecule has 0 unspecified atom stereocenters. The van der Waals surface area contributed by atoms with Crippen LogP contribution in [-0.4, -0.2) is 29.2 Å². The van der Waals surface area contributed by atoms with Gasteiger partial charge in [-0.25, -0.2) is 0 Å². The fourth-order valence-electron chi connectivity index (χ4n) is 2.99. The van der Waals surface area contributed by atoms with Crippen molar-refractivity contribution < 1.29 is 9.47 Å². The summed E-state index contributed by atoms with van der Waals surface area (Å²) >= 11 is 3.76. The minimum Gasteiger partial charge on any atom is -0.378 e. The lowest BCUT2D eigenvalue weighted by Gasteiger charge is -2.35. The van der Waals surface area contributed by atoms with Crippen molar-refractivity contribution in [3.05, 3.63) is 0 Å². The number of halogens is 1. The molecule has 2 fully saturated rings. The topological polar surface area (TPSA) is 18.5 Å². The van der Waals surface area contributed by atoms with Gasteiger partial charge in [0.1, 0.15) is 0 Å². The predicted octanol–water partition coefficient (Wildman–Crippen LogP) is 2.74. The third-order valence-corrected chi connectivity index (χ3v) is 5.08. The Labute approximate surface area is 94.5 Å². The number of ether oxygens (including phenoxy) is 2. The highest BCUT2D eigenvalue weighted by molar-refractivity contribution is 9.09. The number of rotatable bonds is 2. The van der Waals surface area contributed by atoms with E-state index in [1.54, 1.807) is 7.11 Å². The van der Waals surface area contributed by atoms with Crippen LogP contribution in [0, 0.1) is 5.92 Å². The summed E-state index contributed by atoms with van der Waals surface area (Å²) < 4.78 is 11.8. The summed E-state index contributed by atoms with van der Waals surface area (Å²) in [5.41, 5.74) is -0.0807. The van der Waals surface area contributed by atoms with E-state index in [-0.39, 0.29) is 17.3 Å². The van der Waals surface area contributed by atoms with Crippen LogP contribution >= 0.6 is 15.9 Å². The Morgan fingerprint density at radius 2 is 2.07 bits per heavy atom. The summed E-state index contributed by atoms with van der Waals surface area (Å²) in [5.74, 6) is 0.536. The molecule has 0 amide bonds. The highest BCUT2D eigenvalue weighted by Gasteiger charge is 2.64. The zero-order chi connectivity index (χ0) is 10.6. The minimum absolute atomic E-state index is 0.00454. The Hall–Kier alpha value is 0.400. The summed E-state index contributed by atoms with van der Waals surface area (Å²) in [5, 5.41) is 0. The van der Waals surface area contributed by atoms with Crippen LogP contribution in [0.4, 0.5) is 0 Å². The molecule has 0 aromatic heterocycles. The van der Waals surface area contributed by atoms with Crippen molar-refractivity contribution in [2.75, 3.05) is 7.11 Å². The van der Waals surface area contributed by atoms with Gasteiger partial charge < -0.3 is 9.47 Å². The van der Waals surface area contributed by atoms with Gasteiger partial charge in [-0.1, -0.05) is 29.8 Å². The Morgan fingerprint density at radius 3 is 2.50 bits per heavy atom. The highest BCUT2D eigenvalue weighted by atomic mass is 79.9. The van der Waals surface area contributed by atoms with Crippen LogP contribution in [0.3, 0.4) is 0 Å². The number of fused-ring (bicyclic) bond motifs is 2. The van der Waals surface area contributed by atoms with Gasteiger partial charge in [0.05, 0.1) is 17.3 Å². The van der Waals surface area contributed by atoms with E-state index in [2.05, 4.69) is 36.7 Å². The van der Waals surface area contributed by atoms with Crippen LogP contribution in [0.1, 0.15) is 33.6 Å². The van der Waals surface area contributed by atoms with Crippen molar-refractivity contribution >= 4 is 15.9 Å². The van der Waals surface area contributed by atoms with Crippen molar-refractivity contribution in [1.29, 1.82) is 0 Å². The molecule has 0 N–H and O–H groups in total. The summed E-state index contributed by atoms with van der Waals surface area (Å²) in [6, 6.07) is 0. The van der Waals surface area contributed by atoms with E-state index in [1.807, 2.05) is 0 Å². The van der Waals surface area contributed by atoms with Crippen LogP contribution in [0.25, 0.3) is 0 Å². The number of hydrogen-bond acceptors (Lipinski definition) is 2. The maximum absolute atomic E-state index is 6.25. The molecule has 0 radical (unpaired) electrons. The molecule has 14 heavy (non-hydrogen) atoms. The Bertz CT molecular complexity index is 243. The lowest BCUT2D eigenvalue weighted by molar-refractivity contribution is -0.0853. The van der Waals surface area contributed by atoms with Crippen molar-refractivity contribution in [1.82, 2.24) is 0 Å². The van der Waals surface area contributed by atoms with Gasteiger partial charge in [0.2, 0.25) is 0 Å². The van der Waals surface area contributed by atoms with Gasteiger partial charge in [-0.15, -0.1) is 0 Å². The summed E-state index contributed by atoms with van der Waals surface area (Å²) in [6.45, 7) is 6.64. The highest BCUT2D eigenvalue weighted by Crippen LogP contribution is 2.57. The minimum atomic E-state index is -0.0762. The lowest BCUT2D eigenvalue weighted by Crippen LogP contribution is -2.44. The molecule has 0 aliphatic carbocycles. The first-order valence-corrected chi connectivity index (χ1v) is 6.23. The number of hydrogen-bond donors (Lipinski definition) is 0.